The molecule has 8 heteroatoms. The quantitative estimate of drug-likeness (QED) is 0.764. The minimum Gasteiger partial charge on any atom is -0.469 e. The fraction of sp³-hybridized carbons (Fsp3) is 0.308. The van der Waals surface area contributed by atoms with Crippen molar-refractivity contribution in [3.8, 4) is 0 Å². The molecule has 0 radical (unpaired) electrons. The first-order valence-corrected chi connectivity index (χ1v) is 8.89. The Hall–Kier alpha value is -0.890. The van der Waals surface area contributed by atoms with Crippen molar-refractivity contribution in [1.29, 1.82) is 0 Å². The molecular weight excluding hydrogens is 380 g/mol. The molecule has 0 bridgehead atoms. The molecule has 1 atom stereocenters. The van der Waals surface area contributed by atoms with E-state index in [2.05, 4.69) is 25.6 Å². The van der Waals surface area contributed by atoms with Gasteiger partial charge in [-0.2, -0.15) is 0 Å². The standard InChI is InChI=1S/C13H14BrClN2O3S/c1-9(4-5-11-3-2-6-20-11)17-21(18,19)12-7-10(14)8-16-13(12)15/h2-3,6-9,17H,4-5H2,1H3. The Morgan fingerprint density at radius 2 is 2.29 bits per heavy atom. The van der Waals surface area contributed by atoms with Crippen LogP contribution < -0.4 is 4.72 Å². The van der Waals surface area contributed by atoms with Gasteiger partial charge in [-0.15, -0.1) is 0 Å². The molecule has 21 heavy (non-hydrogen) atoms. The second-order valence-electron chi connectivity index (χ2n) is 4.58. The molecule has 0 aliphatic carbocycles. The third-order valence-electron chi connectivity index (χ3n) is 2.82. The van der Waals surface area contributed by atoms with Crippen molar-refractivity contribution in [3.63, 3.8) is 0 Å². The number of halogens is 2. The second kappa shape index (κ2) is 6.91. The zero-order chi connectivity index (χ0) is 15.5. The maximum absolute atomic E-state index is 12.3. The van der Waals surface area contributed by atoms with Crippen LogP contribution >= 0.6 is 27.5 Å². The summed E-state index contributed by atoms with van der Waals surface area (Å²) in [5.74, 6) is 0.822. The zero-order valence-corrected chi connectivity index (χ0v) is 14.4. The number of nitrogens with one attached hydrogen (secondary N) is 1. The molecule has 2 rings (SSSR count). The van der Waals surface area contributed by atoms with E-state index in [0.717, 1.165) is 5.76 Å². The lowest BCUT2D eigenvalue weighted by molar-refractivity contribution is 0.480. The van der Waals surface area contributed by atoms with Crippen molar-refractivity contribution in [2.75, 3.05) is 0 Å². The molecule has 0 aromatic carbocycles. The summed E-state index contributed by atoms with van der Waals surface area (Å²) in [5, 5.41) is -0.0519. The lowest BCUT2D eigenvalue weighted by atomic mass is 10.2. The highest BCUT2D eigenvalue weighted by molar-refractivity contribution is 9.10. The first-order valence-electron chi connectivity index (χ1n) is 6.24. The lowest BCUT2D eigenvalue weighted by Crippen LogP contribution is -2.33. The van der Waals surface area contributed by atoms with E-state index < -0.39 is 10.0 Å². The molecular formula is C13H14BrClN2O3S. The summed E-state index contributed by atoms with van der Waals surface area (Å²) in [4.78, 5) is 3.78. The van der Waals surface area contributed by atoms with Crippen LogP contribution in [0.15, 0.2) is 44.4 Å². The zero-order valence-electron chi connectivity index (χ0n) is 11.2. The molecule has 1 N–H and O–H groups in total. The van der Waals surface area contributed by atoms with Gasteiger partial charge in [-0.05, 0) is 47.5 Å². The van der Waals surface area contributed by atoms with E-state index in [1.54, 1.807) is 19.3 Å². The van der Waals surface area contributed by atoms with Gasteiger partial charge in [0.25, 0.3) is 0 Å². The Labute approximate surface area is 136 Å². The van der Waals surface area contributed by atoms with Crippen LogP contribution in [0.25, 0.3) is 0 Å². The van der Waals surface area contributed by atoms with E-state index in [1.165, 1.54) is 12.3 Å². The summed E-state index contributed by atoms with van der Waals surface area (Å²) < 4.78 is 33.0. The highest BCUT2D eigenvalue weighted by atomic mass is 79.9. The van der Waals surface area contributed by atoms with Gasteiger partial charge < -0.3 is 4.42 Å². The van der Waals surface area contributed by atoms with E-state index in [1.807, 2.05) is 6.07 Å². The van der Waals surface area contributed by atoms with E-state index in [4.69, 9.17) is 16.0 Å². The van der Waals surface area contributed by atoms with Gasteiger partial charge in [-0.3, -0.25) is 0 Å². The predicted molar refractivity (Wildman–Crippen MR) is 83.8 cm³/mol. The highest BCUT2D eigenvalue weighted by Crippen LogP contribution is 2.23. The third-order valence-corrected chi connectivity index (χ3v) is 5.27. The number of sulfonamides is 1. The highest BCUT2D eigenvalue weighted by Gasteiger charge is 2.21. The molecule has 0 aliphatic heterocycles. The Kier molecular flexibility index (Phi) is 5.43. The summed E-state index contributed by atoms with van der Waals surface area (Å²) >= 11 is 9.04. The fourth-order valence-corrected chi connectivity index (χ4v) is 4.02. The average molecular weight is 394 g/mol. The van der Waals surface area contributed by atoms with E-state index in [9.17, 15) is 8.42 Å². The Morgan fingerprint density at radius 3 is 2.95 bits per heavy atom. The summed E-state index contributed by atoms with van der Waals surface area (Å²) in [6.45, 7) is 1.79. The summed E-state index contributed by atoms with van der Waals surface area (Å²) in [6.07, 6.45) is 4.31. The van der Waals surface area contributed by atoms with Gasteiger partial charge in [0.05, 0.1) is 6.26 Å². The Morgan fingerprint density at radius 1 is 1.52 bits per heavy atom. The van der Waals surface area contributed by atoms with Crippen molar-refractivity contribution in [1.82, 2.24) is 9.71 Å². The van der Waals surface area contributed by atoms with Gasteiger partial charge in [0.15, 0.2) is 0 Å². The molecule has 1 unspecified atom stereocenters. The van der Waals surface area contributed by atoms with Crippen LogP contribution in [0.5, 0.6) is 0 Å². The number of nitrogens with zero attached hydrogens (tertiary/aromatic N) is 1. The van der Waals surface area contributed by atoms with Crippen LogP contribution in [-0.2, 0) is 16.4 Å². The SMILES string of the molecule is CC(CCc1ccco1)NS(=O)(=O)c1cc(Br)cnc1Cl. The van der Waals surface area contributed by atoms with Crippen molar-refractivity contribution in [3.05, 3.63) is 46.0 Å². The van der Waals surface area contributed by atoms with Crippen molar-refractivity contribution >= 4 is 37.6 Å². The van der Waals surface area contributed by atoms with Crippen LogP contribution in [-0.4, -0.2) is 19.4 Å². The van der Waals surface area contributed by atoms with Crippen LogP contribution in [0.2, 0.25) is 5.15 Å². The van der Waals surface area contributed by atoms with Gasteiger partial charge in [-0.1, -0.05) is 11.6 Å². The molecule has 5 nitrogen and oxygen atoms in total. The summed E-state index contributed by atoms with van der Waals surface area (Å²) in [6, 6.07) is 4.83. The van der Waals surface area contributed by atoms with Gasteiger partial charge in [-0.25, -0.2) is 18.1 Å². The van der Waals surface area contributed by atoms with E-state index in [0.29, 0.717) is 17.3 Å². The van der Waals surface area contributed by atoms with Crippen molar-refractivity contribution < 1.29 is 12.8 Å². The minimum absolute atomic E-state index is 0.0385. The first-order chi connectivity index (χ1) is 9.88. The Bertz CT molecular complexity index is 704. The summed E-state index contributed by atoms with van der Waals surface area (Å²) in [7, 11) is -3.71. The van der Waals surface area contributed by atoms with Crippen LogP contribution in [0.4, 0.5) is 0 Å². The first kappa shape index (κ1) is 16.5. The number of aromatic nitrogens is 1. The molecule has 2 aromatic rings. The predicted octanol–water partition coefficient (Wildman–Crippen LogP) is 3.39. The number of pyridine rings is 1. The third kappa shape index (κ3) is 4.54. The Balaban J connectivity index is 2.04. The second-order valence-corrected chi connectivity index (χ2v) is 7.54. The molecule has 0 aliphatic rings. The van der Waals surface area contributed by atoms with Crippen molar-refractivity contribution in [2.45, 2.75) is 30.7 Å². The van der Waals surface area contributed by atoms with Gasteiger partial charge in [0.1, 0.15) is 15.8 Å². The monoisotopic (exact) mass is 392 g/mol. The van der Waals surface area contributed by atoms with Crippen molar-refractivity contribution in [2.24, 2.45) is 0 Å². The van der Waals surface area contributed by atoms with Gasteiger partial charge >= 0.3 is 0 Å². The minimum atomic E-state index is -3.71. The molecule has 0 saturated heterocycles. The topological polar surface area (TPSA) is 72.2 Å². The molecule has 0 spiro atoms. The van der Waals surface area contributed by atoms with Crippen LogP contribution in [0, 0.1) is 0 Å². The average Bonchev–Trinajstić information content (AvgIpc) is 2.92. The molecule has 2 aromatic heterocycles. The van der Waals surface area contributed by atoms with E-state index in [-0.39, 0.29) is 16.1 Å². The van der Waals surface area contributed by atoms with Gasteiger partial charge in [0, 0.05) is 23.1 Å². The molecule has 2 heterocycles. The number of hydrogen-bond acceptors (Lipinski definition) is 4. The largest absolute Gasteiger partial charge is 0.469 e. The van der Waals surface area contributed by atoms with E-state index >= 15 is 0 Å². The number of furan rings is 1. The van der Waals surface area contributed by atoms with Gasteiger partial charge in [0.2, 0.25) is 10.0 Å². The van der Waals surface area contributed by atoms with Crippen LogP contribution in [0.3, 0.4) is 0 Å². The number of aryl methyl sites for hydroxylation is 1. The van der Waals surface area contributed by atoms with Crippen LogP contribution in [0.1, 0.15) is 19.1 Å². The fourth-order valence-electron chi connectivity index (χ4n) is 1.79. The smallest absolute Gasteiger partial charge is 0.243 e. The lowest BCUT2D eigenvalue weighted by Gasteiger charge is -2.14. The number of rotatable bonds is 6. The maximum atomic E-state index is 12.3. The summed E-state index contributed by atoms with van der Waals surface area (Å²) in [5.41, 5.74) is 0. The molecule has 0 fully saturated rings. The molecule has 0 saturated carbocycles. The normalized spacial score (nSPS) is 13.3. The maximum Gasteiger partial charge on any atom is 0.243 e. The molecule has 114 valence electrons. The number of hydrogen-bond donors (Lipinski definition) is 1. The molecule has 0 amide bonds.